The van der Waals surface area contributed by atoms with Crippen molar-refractivity contribution in [3.63, 3.8) is 0 Å². The van der Waals surface area contributed by atoms with E-state index in [1.54, 1.807) is 35.1 Å². The van der Waals surface area contributed by atoms with Gasteiger partial charge in [-0.25, -0.2) is 9.64 Å². The smallest absolute Gasteiger partial charge is 0.325 e. The Morgan fingerprint density at radius 1 is 1.28 bits per heavy atom. The first-order valence-electron chi connectivity index (χ1n) is 7.85. The number of hydrogen-bond acceptors (Lipinski definition) is 7. The van der Waals surface area contributed by atoms with Gasteiger partial charge in [-0.3, -0.25) is 14.6 Å². The second kappa shape index (κ2) is 7.43. The molecule has 1 amide bonds. The molecule has 2 aromatic rings. The Balaban J connectivity index is 1.68. The molecule has 1 N–H and O–H groups in total. The van der Waals surface area contributed by atoms with E-state index >= 15 is 0 Å². The fraction of sp³-hybridized carbons (Fsp3) is 0.400. The molecule has 1 fully saturated rings. The molecule has 1 aliphatic rings. The molecule has 1 saturated heterocycles. The molecule has 0 bridgehead atoms. The first kappa shape index (κ1) is 17.1. The number of carbonyl (C=O) groups excluding carboxylic acids is 2. The van der Waals surface area contributed by atoms with Gasteiger partial charge in [0.05, 0.1) is 6.61 Å². The molecule has 1 aromatic carbocycles. The minimum absolute atomic E-state index is 0.0399. The third-order valence-corrected chi connectivity index (χ3v) is 4.05. The maximum absolute atomic E-state index is 12.8. The molecule has 9 nitrogen and oxygen atoms in total. The van der Waals surface area contributed by atoms with Crippen LogP contribution in [0.5, 0.6) is 0 Å². The van der Waals surface area contributed by atoms with Gasteiger partial charge in [-0.05, 0) is 54.1 Å². The highest BCUT2D eigenvalue weighted by molar-refractivity contribution is 7.80. The van der Waals surface area contributed by atoms with Gasteiger partial charge in [0.2, 0.25) is 0 Å². The predicted molar refractivity (Wildman–Crippen MR) is 91.4 cm³/mol. The summed E-state index contributed by atoms with van der Waals surface area (Å²) in [6, 6.07) is 4.97. The van der Waals surface area contributed by atoms with E-state index in [0.29, 0.717) is 41.4 Å². The van der Waals surface area contributed by atoms with Crippen LogP contribution in [0.3, 0.4) is 0 Å². The Morgan fingerprint density at radius 3 is 2.84 bits per heavy atom. The number of amides is 1. The van der Waals surface area contributed by atoms with E-state index in [2.05, 4.69) is 20.3 Å². The summed E-state index contributed by atoms with van der Waals surface area (Å²) in [7, 11) is 0. The van der Waals surface area contributed by atoms with E-state index in [0.717, 1.165) is 6.42 Å². The maximum Gasteiger partial charge on any atom is 0.325 e. The zero-order chi connectivity index (χ0) is 17.8. The molecule has 3 rings (SSSR count). The number of hydrogen-bond donors (Lipinski definition) is 1. The Kier molecular flexibility index (Phi) is 5.08. The van der Waals surface area contributed by atoms with Gasteiger partial charge in [-0.15, -0.1) is 0 Å². The largest absolute Gasteiger partial charge is 0.465 e. The van der Waals surface area contributed by atoms with Crippen molar-refractivity contribution in [1.82, 2.24) is 25.6 Å². The van der Waals surface area contributed by atoms with Gasteiger partial charge < -0.3 is 10.1 Å². The van der Waals surface area contributed by atoms with Crippen molar-refractivity contribution in [3.8, 4) is 0 Å². The number of aromatic nitrogens is 2. The quantitative estimate of drug-likeness (QED) is 0.622. The number of thiocarbonyl (C=S) groups is 1. The number of nitrogens with zero attached hydrogens (tertiary/aromatic N) is 4. The van der Waals surface area contributed by atoms with Gasteiger partial charge in [-0.2, -0.15) is 0 Å². The minimum Gasteiger partial charge on any atom is -0.465 e. The number of esters is 1. The predicted octanol–water partition coefficient (Wildman–Crippen LogP) is 0.723. The van der Waals surface area contributed by atoms with Crippen LogP contribution in [0.15, 0.2) is 22.8 Å². The lowest BCUT2D eigenvalue weighted by atomic mass is 10.2. The first-order chi connectivity index (χ1) is 12.1. The number of benzene rings is 1. The molecule has 1 aliphatic heterocycles. The number of ether oxygens (including phenoxy) is 1. The molecular weight excluding hydrogens is 346 g/mol. The van der Waals surface area contributed by atoms with Crippen LogP contribution in [0.25, 0.3) is 11.0 Å². The Hall–Kier alpha value is -2.75. The van der Waals surface area contributed by atoms with Crippen LogP contribution in [-0.4, -0.2) is 63.6 Å². The van der Waals surface area contributed by atoms with E-state index in [1.165, 1.54) is 0 Å². The van der Waals surface area contributed by atoms with E-state index in [1.807, 2.05) is 0 Å². The highest BCUT2D eigenvalue weighted by Gasteiger charge is 2.30. The average molecular weight is 363 g/mol. The molecule has 0 unspecified atom stereocenters. The van der Waals surface area contributed by atoms with Crippen molar-refractivity contribution in [2.75, 3.05) is 26.2 Å². The molecule has 132 valence electrons. The highest BCUT2D eigenvalue weighted by Crippen LogP contribution is 2.18. The molecule has 0 saturated carbocycles. The van der Waals surface area contributed by atoms with Gasteiger partial charge in [0.25, 0.3) is 5.91 Å². The van der Waals surface area contributed by atoms with Crippen LogP contribution >= 0.6 is 12.2 Å². The number of fused-ring (bicyclic) bond motifs is 1. The lowest BCUT2D eigenvalue weighted by Gasteiger charge is -2.30. The molecule has 25 heavy (non-hydrogen) atoms. The number of carbonyl (C=O) groups is 2. The van der Waals surface area contributed by atoms with Gasteiger partial charge in [0.15, 0.2) is 5.11 Å². The maximum atomic E-state index is 12.8. The standard InChI is InChI=1S/C15H17N5O4S/c1-2-23-13(21)9-16-15(25)20-7-3-6-19(20)14(22)10-4-5-11-12(8-10)18-24-17-11/h4-5,8H,2-3,6-7,9H2,1H3,(H,16,25). The first-order valence-corrected chi connectivity index (χ1v) is 8.26. The van der Waals surface area contributed by atoms with Crippen LogP contribution in [0.1, 0.15) is 23.7 Å². The van der Waals surface area contributed by atoms with Crippen LogP contribution in [0.4, 0.5) is 0 Å². The molecule has 10 heteroatoms. The zero-order valence-corrected chi connectivity index (χ0v) is 14.4. The highest BCUT2D eigenvalue weighted by atomic mass is 32.1. The van der Waals surface area contributed by atoms with E-state index in [4.69, 9.17) is 17.0 Å². The summed E-state index contributed by atoms with van der Waals surface area (Å²) in [5.41, 5.74) is 1.56. The minimum atomic E-state index is -0.397. The van der Waals surface area contributed by atoms with E-state index in [-0.39, 0.29) is 12.5 Å². The Bertz CT molecular complexity index is 808. The zero-order valence-electron chi connectivity index (χ0n) is 13.6. The molecule has 0 spiro atoms. The summed E-state index contributed by atoms with van der Waals surface area (Å²) in [6.07, 6.45) is 0.778. The molecule has 0 aliphatic carbocycles. The fourth-order valence-corrected chi connectivity index (χ4v) is 2.81. The summed E-state index contributed by atoms with van der Waals surface area (Å²) < 4.78 is 9.50. The monoisotopic (exact) mass is 363 g/mol. The molecular formula is C15H17N5O4S. The van der Waals surface area contributed by atoms with Crippen LogP contribution in [0.2, 0.25) is 0 Å². The normalized spacial score (nSPS) is 14.0. The van der Waals surface area contributed by atoms with Crippen molar-refractivity contribution in [1.29, 1.82) is 0 Å². The van der Waals surface area contributed by atoms with Gasteiger partial charge in [0.1, 0.15) is 17.6 Å². The lowest BCUT2D eigenvalue weighted by molar-refractivity contribution is -0.141. The molecule has 0 atom stereocenters. The van der Waals surface area contributed by atoms with Gasteiger partial charge in [0, 0.05) is 18.7 Å². The lowest BCUT2D eigenvalue weighted by Crippen LogP contribution is -2.50. The number of nitrogens with one attached hydrogen (secondary N) is 1. The summed E-state index contributed by atoms with van der Waals surface area (Å²) >= 11 is 5.30. The second-order valence-electron chi connectivity index (χ2n) is 5.34. The fourth-order valence-electron chi connectivity index (χ4n) is 2.55. The van der Waals surface area contributed by atoms with Gasteiger partial charge >= 0.3 is 5.97 Å². The van der Waals surface area contributed by atoms with E-state index in [9.17, 15) is 9.59 Å². The van der Waals surface area contributed by atoms with E-state index < -0.39 is 5.97 Å². The molecule has 0 radical (unpaired) electrons. The molecule has 1 aromatic heterocycles. The summed E-state index contributed by atoms with van der Waals surface area (Å²) in [5, 5.41) is 13.8. The number of rotatable bonds is 4. The van der Waals surface area contributed by atoms with Crippen molar-refractivity contribution in [2.24, 2.45) is 0 Å². The van der Waals surface area contributed by atoms with Crippen molar-refractivity contribution < 1.29 is 19.0 Å². The number of hydrazine groups is 1. The van der Waals surface area contributed by atoms with Crippen molar-refractivity contribution >= 4 is 40.2 Å². The van der Waals surface area contributed by atoms with Crippen LogP contribution in [0, 0.1) is 0 Å². The SMILES string of the molecule is CCOC(=O)CNC(=S)N1CCCN1C(=O)c1ccc2nonc2c1. The third kappa shape index (κ3) is 3.68. The third-order valence-electron chi connectivity index (χ3n) is 3.69. The Morgan fingerprint density at radius 2 is 2.04 bits per heavy atom. The van der Waals surface area contributed by atoms with Crippen molar-refractivity contribution in [3.05, 3.63) is 23.8 Å². The van der Waals surface area contributed by atoms with Crippen molar-refractivity contribution in [2.45, 2.75) is 13.3 Å². The summed E-state index contributed by atoms with van der Waals surface area (Å²) in [4.78, 5) is 24.2. The second-order valence-corrected chi connectivity index (χ2v) is 5.72. The van der Waals surface area contributed by atoms with Gasteiger partial charge in [-0.1, -0.05) is 0 Å². The van der Waals surface area contributed by atoms with Crippen LogP contribution in [-0.2, 0) is 9.53 Å². The molecule has 2 heterocycles. The Labute approximate surface area is 148 Å². The van der Waals surface area contributed by atoms with Crippen LogP contribution < -0.4 is 5.32 Å². The topological polar surface area (TPSA) is 101 Å². The average Bonchev–Trinajstić information content (AvgIpc) is 3.27. The summed E-state index contributed by atoms with van der Waals surface area (Å²) in [5.74, 6) is -0.603. The summed E-state index contributed by atoms with van der Waals surface area (Å²) in [6.45, 7) is 3.13.